The van der Waals surface area contributed by atoms with E-state index >= 15 is 0 Å². The molecule has 1 N–H and O–H groups in total. The highest BCUT2D eigenvalue weighted by molar-refractivity contribution is 5.40. The fourth-order valence-electron chi connectivity index (χ4n) is 2.48. The summed E-state index contributed by atoms with van der Waals surface area (Å²) in [5, 5.41) is 3.51. The summed E-state index contributed by atoms with van der Waals surface area (Å²) >= 11 is 0. The molecule has 0 saturated heterocycles. The van der Waals surface area contributed by atoms with Crippen LogP contribution in [0.4, 0.5) is 0 Å². The normalized spacial score (nSPS) is 17.9. The molecule has 0 fully saturated rings. The standard InChI is InChI=1S/C16H21N3O/c1-16(2,3)18-9-12-8-17-11-19(12)14-10-20-15-7-5-4-6-13(14)15/h4-8,11,14,18H,9-10H2,1-3H3. The first-order valence-corrected chi connectivity index (χ1v) is 7.02. The second-order valence-corrected chi connectivity index (χ2v) is 6.26. The van der Waals surface area contributed by atoms with Crippen LogP contribution in [0.2, 0.25) is 0 Å². The van der Waals surface area contributed by atoms with Crippen LogP contribution >= 0.6 is 0 Å². The maximum absolute atomic E-state index is 5.77. The number of imidazole rings is 1. The smallest absolute Gasteiger partial charge is 0.124 e. The summed E-state index contributed by atoms with van der Waals surface area (Å²) in [4.78, 5) is 4.31. The molecule has 1 aliphatic rings. The Kier molecular flexibility index (Phi) is 3.26. The van der Waals surface area contributed by atoms with Gasteiger partial charge in [0.15, 0.2) is 0 Å². The molecule has 1 unspecified atom stereocenters. The third-order valence-corrected chi connectivity index (χ3v) is 3.56. The predicted molar refractivity (Wildman–Crippen MR) is 78.9 cm³/mol. The van der Waals surface area contributed by atoms with E-state index in [-0.39, 0.29) is 11.6 Å². The third kappa shape index (κ3) is 2.56. The first-order chi connectivity index (χ1) is 9.54. The molecule has 1 aliphatic heterocycles. The monoisotopic (exact) mass is 271 g/mol. The Hall–Kier alpha value is -1.81. The minimum Gasteiger partial charge on any atom is -0.491 e. The van der Waals surface area contributed by atoms with E-state index in [1.54, 1.807) is 0 Å². The van der Waals surface area contributed by atoms with Gasteiger partial charge in [0.05, 0.1) is 18.1 Å². The van der Waals surface area contributed by atoms with Crippen LogP contribution in [-0.2, 0) is 6.54 Å². The van der Waals surface area contributed by atoms with Gasteiger partial charge in [-0.25, -0.2) is 4.98 Å². The van der Waals surface area contributed by atoms with E-state index in [9.17, 15) is 0 Å². The number of fused-ring (bicyclic) bond motifs is 1. The summed E-state index contributed by atoms with van der Waals surface area (Å²) in [6.45, 7) is 7.99. The van der Waals surface area contributed by atoms with Crippen molar-refractivity contribution in [1.29, 1.82) is 0 Å². The van der Waals surface area contributed by atoms with Gasteiger partial charge in [0.2, 0.25) is 0 Å². The molecule has 1 atom stereocenters. The Morgan fingerprint density at radius 2 is 2.15 bits per heavy atom. The van der Waals surface area contributed by atoms with Gasteiger partial charge in [-0.3, -0.25) is 0 Å². The van der Waals surface area contributed by atoms with Crippen molar-refractivity contribution in [2.45, 2.75) is 38.9 Å². The Labute approximate surface area is 119 Å². The number of benzene rings is 1. The molecule has 3 rings (SSSR count). The lowest BCUT2D eigenvalue weighted by Gasteiger charge is -2.22. The van der Waals surface area contributed by atoms with Gasteiger partial charge in [-0.15, -0.1) is 0 Å². The van der Waals surface area contributed by atoms with Crippen molar-refractivity contribution < 1.29 is 4.74 Å². The number of aromatic nitrogens is 2. The predicted octanol–water partition coefficient (Wildman–Crippen LogP) is 2.75. The van der Waals surface area contributed by atoms with Gasteiger partial charge in [-0.05, 0) is 26.8 Å². The van der Waals surface area contributed by atoms with Crippen LogP contribution in [-0.4, -0.2) is 21.7 Å². The van der Waals surface area contributed by atoms with Crippen LogP contribution in [0.5, 0.6) is 5.75 Å². The lowest BCUT2D eigenvalue weighted by molar-refractivity contribution is 0.312. The van der Waals surface area contributed by atoms with Crippen molar-refractivity contribution in [3.8, 4) is 5.75 Å². The van der Waals surface area contributed by atoms with E-state index in [1.165, 1.54) is 11.3 Å². The second-order valence-electron chi connectivity index (χ2n) is 6.26. The zero-order chi connectivity index (χ0) is 14.2. The lowest BCUT2D eigenvalue weighted by atomic mass is 10.1. The molecule has 1 aromatic heterocycles. The van der Waals surface area contributed by atoms with Crippen molar-refractivity contribution >= 4 is 0 Å². The van der Waals surface area contributed by atoms with Crippen molar-refractivity contribution in [2.75, 3.05) is 6.61 Å². The number of ether oxygens (including phenoxy) is 1. The van der Waals surface area contributed by atoms with Gasteiger partial charge >= 0.3 is 0 Å². The van der Waals surface area contributed by atoms with E-state index < -0.39 is 0 Å². The molecule has 0 radical (unpaired) electrons. The molecule has 2 heterocycles. The number of para-hydroxylation sites is 1. The van der Waals surface area contributed by atoms with Crippen molar-refractivity contribution in [1.82, 2.24) is 14.9 Å². The molecule has 0 aliphatic carbocycles. The Balaban J connectivity index is 1.84. The maximum atomic E-state index is 5.77. The van der Waals surface area contributed by atoms with Crippen LogP contribution in [0.15, 0.2) is 36.8 Å². The Morgan fingerprint density at radius 3 is 2.95 bits per heavy atom. The van der Waals surface area contributed by atoms with Crippen molar-refractivity contribution in [2.24, 2.45) is 0 Å². The molecule has 4 heteroatoms. The molecular formula is C16H21N3O. The van der Waals surface area contributed by atoms with Crippen molar-refractivity contribution in [3.63, 3.8) is 0 Å². The zero-order valence-electron chi connectivity index (χ0n) is 12.3. The van der Waals surface area contributed by atoms with Gasteiger partial charge in [-0.1, -0.05) is 18.2 Å². The van der Waals surface area contributed by atoms with Gasteiger partial charge in [0.1, 0.15) is 12.4 Å². The molecule has 0 saturated carbocycles. The Morgan fingerprint density at radius 1 is 1.35 bits per heavy atom. The molecule has 20 heavy (non-hydrogen) atoms. The van der Waals surface area contributed by atoms with Crippen LogP contribution in [0.3, 0.4) is 0 Å². The lowest BCUT2D eigenvalue weighted by Crippen LogP contribution is -2.36. The molecular weight excluding hydrogens is 250 g/mol. The summed E-state index contributed by atoms with van der Waals surface area (Å²) in [7, 11) is 0. The average Bonchev–Trinajstić information content (AvgIpc) is 3.01. The summed E-state index contributed by atoms with van der Waals surface area (Å²) in [6, 6.07) is 8.46. The third-order valence-electron chi connectivity index (χ3n) is 3.56. The average molecular weight is 271 g/mol. The number of rotatable bonds is 3. The first kappa shape index (κ1) is 13.2. The van der Waals surface area contributed by atoms with E-state index in [0.717, 1.165) is 12.3 Å². The quantitative estimate of drug-likeness (QED) is 0.933. The molecule has 0 amide bonds. The SMILES string of the molecule is CC(C)(C)NCc1cncn1C1COc2ccccc21. The summed E-state index contributed by atoms with van der Waals surface area (Å²) in [5.74, 6) is 0.987. The largest absolute Gasteiger partial charge is 0.491 e. The summed E-state index contributed by atoms with van der Waals surface area (Å²) < 4.78 is 7.98. The molecule has 0 bridgehead atoms. The zero-order valence-corrected chi connectivity index (χ0v) is 12.3. The van der Waals surface area contributed by atoms with Crippen LogP contribution in [0, 0.1) is 0 Å². The highest BCUT2D eigenvalue weighted by atomic mass is 16.5. The molecule has 4 nitrogen and oxygen atoms in total. The van der Waals surface area contributed by atoms with Gasteiger partial charge in [-0.2, -0.15) is 0 Å². The molecule has 0 spiro atoms. The number of hydrogen-bond donors (Lipinski definition) is 1. The van der Waals surface area contributed by atoms with Crippen molar-refractivity contribution in [3.05, 3.63) is 48.0 Å². The van der Waals surface area contributed by atoms with Crippen LogP contribution in [0.1, 0.15) is 38.1 Å². The van der Waals surface area contributed by atoms with Gasteiger partial charge < -0.3 is 14.6 Å². The highest BCUT2D eigenvalue weighted by Crippen LogP contribution is 2.35. The summed E-state index contributed by atoms with van der Waals surface area (Å²) in [5.41, 5.74) is 2.52. The maximum Gasteiger partial charge on any atom is 0.124 e. The Bertz CT molecular complexity index is 598. The highest BCUT2D eigenvalue weighted by Gasteiger charge is 2.26. The second kappa shape index (κ2) is 4.94. The fraction of sp³-hybridized carbons (Fsp3) is 0.438. The van der Waals surface area contributed by atoms with Crippen LogP contribution in [0.25, 0.3) is 0 Å². The van der Waals surface area contributed by atoms with Gasteiger partial charge in [0.25, 0.3) is 0 Å². The van der Waals surface area contributed by atoms with E-state index in [2.05, 4.69) is 47.8 Å². The first-order valence-electron chi connectivity index (χ1n) is 7.02. The van der Waals surface area contributed by atoms with E-state index in [0.29, 0.717) is 6.61 Å². The number of hydrogen-bond acceptors (Lipinski definition) is 3. The molecule has 1 aromatic carbocycles. The minimum atomic E-state index is 0.0964. The minimum absolute atomic E-state index is 0.0964. The molecule has 2 aromatic rings. The van der Waals surface area contributed by atoms with Gasteiger partial charge in [0, 0.05) is 23.8 Å². The van der Waals surface area contributed by atoms with E-state index in [4.69, 9.17) is 4.74 Å². The molecule has 106 valence electrons. The number of nitrogens with zero attached hydrogens (tertiary/aromatic N) is 2. The topological polar surface area (TPSA) is 39.1 Å². The fourth-order valence-corrected chi connectivity index (χ4v) is 2.48. The number of nitrogens with one attached hydrogen (secondary N) is 1. The van der Waals surface area contributed by atoms with Crippen LogP contribution < -0.4 is 10.1 Å². The van der Waals surface area contributed by atoms with E-state index in [1.807, 2.05) is 24.7 Å². The summed E-state index contributed by atoms with van der Waals surface area (Å²) in [6.07, 6.45) is 3.83.